The molecule has 0 aliphatic carbocycles. The van der Waals surface area contributed by atoms with Crippen LogP contribution in [0.15, 0.2) is 15.3 Å². The zero-order chi connectivity index (χ0) is 19.6. The van der Waals surface area contributed by atoms with Gasteiger partial charge >= 0.3 is 5.63 Å². The van der Waals surface area contributed by atoms with E-state index in [9.17, 15) is 18.0 Å². The maximum absolute atomic E-state index is 12.8. The molecule has 2 N–H and O–H groups in total. The number of likely N-dealkylation sites (tertiary alicyclic amines) is 1. The Hall–Kier alpha value is -1.71. The van der Waals surface area contributed by atoms with E-state index in [2.05, 4.69) is 10.0 Å². The van der Waals surface area contributed by atoms with Gasteiger partial charge in [0.25, 0.3) is 5.91 Å². The van der Waals surface area contributed by atoms with Crippen LogP contribution in [0.5, 0.6) is 0 Å². The van der Waals surface area contributed by atoms with Gasteiger partial charge in [-0.3, -0.25) is 4.79 Å². The van der Waals surface area contributed by atoms with Crippen LogP contribution in [0.25, 0.3) is 0 Å². The number of carbonyl (C=O) groups is 1. The fourth-order valence-electron chi connectivity index (χ4n) is 3.85. The standard InChI is InChI=1S/C18H27N3O5S/c1-12-10-15(13-4-3-7-19-11-13)26-18(23)16(12)17(22)21-8-5-14(6-9-21)20-27(2,24)25/h10,13-14,19-20H,3-9,11H2,1-2H3. The highest BCUT2D eigenvalue weighted by molar-refractivity contribution is 7.88. The molecule has 1 aromatic heterocycles. The second kappa shape index (κ2) is 8.12. The summed E-state index contributed by atoms with van der Waals surface area (Å²) in [6.07, 6.45) is 4.17. The van der Waals surface area contributed by atoms with Gasteiger partial charge < -0.3 is 14.6 Å². The van der Waals surface area contributed by atoms with Gasteiger partial charge in [-0.2, -0.15) is 0 Å². The third-order valence-electron chi connectivity index (χ3n) is 5.24. The van der Waals surface area contributed by atoms with Crippen LogP contribution in [-0.2, 0) is 10.0 Å². The van der Waals surface area contributed by atoms with E-state index in [4.69, 9.17) is 4.42 Å². The third kappa shape index (κ3) is 4.97. The lowest BCUT2D eigenvalue weighted by Gasteiger charge is -2.32. The molecule has 3 heterocycles. The topological polar surface area (TPSA) is 109 Å². The summed E-state index contributed by atoms with van der Waals surface area (Å²) >= 11 is 0. The number of nitrogens with one attached hydrogen (secondary N) is 2. The number of hydrogen-bond donors (Lipinski definition) is 2. The van der Waals surface area contributed by atoms with E-state index in [1.165, 1.54) is 0 Å². The monoisotopic (exact) mass is 397 g/mol. The summed E-state index contributed by atoms with van der Waals surface area (Å²) in [6, 6.07) is 1.63. The first-order valence-corrected chi connectivity index (χ1v) is 11.3. The molecule has 1 unspecified atom stereocenters. The molecular formula is C18H27N3O5S. The van der Waals surface area contributed by atoms with Gasteiger partial charge in [0.15, 0.2) is 0 Å². The predicted molar refractivity (Wildman–Crippen MR) is 101 cm³/mol. The van der Waals surface area contributed by atoms with E-state index in [0.29, 0.717) is 37.3 Å². The van der Waals surface area contributed by atoms with Crippen molar-refractivity contribution in [3.8, 4) is 0 Å². The molecule has 27 heavy (non-hydrogen) atoms. The van der Waals surface area contributed by atoms with Crippen LogP contribution >= 0.6 is 0 Å². The zero-order valence-corrected chi connectivity index (χ0v) is 16.6. The molecule has 2 aliphatic rings. The summed E-state index contributed by atoms with van der Waals surface area (Å²) in [5.74, 6) is 0.455. The molecule has 150 valence electrons. The number of amides is 1. The largest absolute Gasteiger partial charge is 0.427 e. The predicted octanol–water partition coefficient (Wildman–Crippen LogP) is 0.569. The molecule has 2 aliphatic heterocycles. The van der Waals surface area contributed by atoms with Crippen LogP contribution < -0.4 is 15.7 Å². The average Bonchev–Trinajstić information content (AvgIpc) is 2.61. The number of nitrogens with zero attached hydrogens (tertiary/aromatic N) is 1. The Morgan fingerprint density at radius 1 is 1.30 bits per heavy atom. The molecule has 1 atom stereocenters. The fraction of sp³-hybridized carbons (Fsp3) is 0.667. The van der Waals surface area contributed by atoms with Crippen LogP contribution in [0.1, 0.15) is 53.3 Å². The van der Waals surface area contributed by atoms with Gasteiger partial charge in [-0.25, -0.2) is 17.9 Å². The number of hydrogen-bond acceptors (Lipinski definition) is 6. The summed E-state index contributed by atoms with van der Waals surface area (Å²) in [7, 11) is -3.27. The van der Waals surface area contributed by atoms with Gasteiger partial charge in [0.2, 0.25) is 10.0 Å². The minimum Gasteiger partial charge on any atom is -0.427 e. The first-order chi connectivity index (χ1) is 12.7. The van der Waals surface area contributed by atoms with Crippen molar-refractivity contribution in [3.05, 3.63) is 33.4 Å². The second-order valence-electron chi connectivity index (χ2n) is 7.49. The molecule has 1 amide bonds. The van der Waals surface area contributed by atoms with Crippen LogP contribution in [-0.4, -0.2) is 57.7 Å². The number of sulfonamides is 1. The molecule has 0 radical (unpaired) electrons. The number of rotatable bonds is 4. The smallest absolute Gasteiger partial charge is 0.349 e. The Morgan fingerprint density at radius 3 is 2.56 bits per heavy atom. The average molecular weight is 397 g/mol. The minimum absolute atomic E-state index is 0.0806. The highest BCUT2D eigenvalue weighted by Gasteiger charge is 2.29. The van der Waals surface area contributed by atoms with Crippen LogP contribution in [0, 0.1) is 6.92 Å². The molecule has 0 spiro atoms. The molecule has 0 saturated carbocycles. The van der Waals surface area contributed by atoms with Crippen molar-refractivity contribution in [2.45, 2.75) is 44.6 Å². The van der Waals surface area contributed by atoms with Crippen molar-refractivity contribution in [1.82, 2.24) is 14.9 Å². The quantitative estimate of drug-likeness (QED) is 0.769. The maximum Gasteiger partial charge on any atom is 0.349 e. The first kappa shape index (κ1) is 20.0. The van der Waals surface area contributed by atoms with Crippen molar-refractivity contribution in [2.75, 3.05) is 32.4 Å². The molecule has 0 bridgehead atoms. The Labute approximate surface area is 159 Å². The third-order valence-corrected chi connectivity index (χ3v) is 6.01. The first-order valence-electron chi connectivity index (χ1n) is 9.36. The Morgan fingerprint density at radius 2 is 2.00 bits per heavy atom. The lowest BCUT2D eigenvalue weighted by atomic mass is 9.95. The van der Waals surface area contributed by atoms with Crippen molar-refractivity contribution in [1.29, 1.82) is 0 Å². The van der Waals surface area contributed by atoms with Gasteiger partial charge in [-0.05, 0) is 50.8 Å². The number of piperidine rings is 2. The Balaban J connectivity index is 1.71. The van der Waals surface area contributed by atoms with Crippen LogP contribution in [0.3, 0.4) is 0 Å². The van der Waals surface area contributed by atoms with E-state index >= 15 is 0 Å². The molecule has 2 fully saturated rings. The molecule has 2 saturated heterocycles. The van der Waals surface area contributed by atoms with E-state index in [-0.39, 0.29) is 23.4 Å². The molecule has 3 rings (SSSR count). The van der Waals surface area contributed by atoms with Gasteiger partial charge in [0, 0.05) is 31.6 Å². The van der Waals surface area contributed by atoms with Crippen molar-refractivity contribution in [2.24, 2.45) is 0 Å². The molecule has 1 aromatic rings. The maximum atomic E-state index is 12.8. The Bertz CT molecular complexity index is 850. The van der Waals surface area contributed by atoms with Crippen LogP contribution in [0.2, 0.25) is 0 Å². The van der Waals surface area contributed by atoms with Gasteiger partial charge in [-0.15, -0.1) is 0 Å². The number of aryl methyl sites for hydroxylation is 1. The fourth-order valence-corrected chi connectivity index (χ4v) is 4.69. The molecule has 0 aromatic carbocycles. The van der Waals surface area contributed by atoms with E-state index in [0.717, 1.165) is 32.2 Å². The van der Waals surface area contributed by atoms with E-state index in [1.54, 1.807) is 11.8 Å². The lowest BCUT2D eigenvalue weighted by Crippen LogP contribution is -2.47. The molecule has 9 heteroatoms. The molecular weight excluding hydrogens is 370 g/mol. The second-order valence-corrected chi connectivity index (χ2v) is 9.27. The number of carbonyl (C=O) groups excluding carboxylic acids is 1. The van der Waals surface area contributed by atoms with Gasteiger partial charge in [-0.1, -0.05) is 0 Å². The lowest BCUT2D eigenvalue weighted by molar-refractivity contribution is 0.0705. The van der Waals surface area contributed by atoms with Gasteiger partial charge in [0.05, 0.1) is 6.26 Å². The highest BCUT2D eigenvalue weighted by Crippen LogP contribution is 2.24. The van der Waals surface area contributed by atoms with E-state index in [1.807, 2.05) is 6.07 Å². The molecule has 8 nitrogen and oxygen atoms in total. The SMILES string of the molecule is Cc1cc(C2CCCNC2)oc(=O)c1C(=O)N1CCC(NS(C)(=O)=O)CC1. The highest BCUT2D eigenvalue weighted by atomic mass is 32.2. The van der Waals surface area contributed by atoms with Crippen LogP contribution in [0.4, 0.5) is 0 Å². The summed E-state index contributed by atoms with van der Waals surface area (Å²) in [5.41, 5.74) is 0.127. The summed E-state index contributed by atoms with van der Waals surface area (Å²) < 4.78 is 30.7. The van der Waals surface area contributed by atoms with Crippen molar-refractivity contribution < 1.29 is 17.6 Å². The normalized spacial score (nSPS) is 22.0. The minimum atomic E-state index is -3.27. The van der Waals surface area contributed by atoms with Crippen molar-refractivity contribution >= 4 is 15.9 Å². The summed E-state index contributed by atoms with van der Waals surface area (Å²) in [4.78, 5) is 26.9. The van der Waals surface area contributed by atoms with Crippen molar-refractivity contribution in [3.63, 3.8) is 0 Å². The Kier molecular flexibility index (Phi) is 6.02. The summed E-state index contributed by atoms with van der Waals surface area (Å²) in [6.45, 7) is 4.32. The zero-order valence-electron chi connectivity index (χ0n) is 15.8. The van der Waals surface area contributed by atoms with Gasteiger partial charge in [0.1, 0.15) is 11.3 Å². The van der Waals surface area contributed by atoms with E-state index < -0.39 is 15.6 Å². The summed E-state index contributed by atoms with van der Waals surface area (Å²) in [5, 5.41) is 3.30.